The zero-order valence-electron chi connectivity index (χ0n) is 10.1. The first-order chi connectivity index (χ1) is 8.02. The number of methoxy groups -OCH3 is 1. The molecule has 0 aliphatic heterocycles. The second-order valence-electron chi connectivity index (χ2n) is 3.76. The van der Waals surface area contributed by atoms with Crippen LogP contribution in [0.5, 0.6) is 5.75 Å². The van der Waals surface area contributed by atoms with E-state index < -0.39 is 5.82 Å². The maximum Gasteiger partial charge on any atom is 0.250 e. The van der Waals surface area contributed by atoms with Gasteiger partial charge in [-0.25, -0.2) is 4.39 Å². The molecule has 0 spiro atoms. The number of amides is 1. The molecule has 0 atom stereocenters. The van der Waals surface area contributed by atoms with E-state index in [1.54, 1.807) is 6.07 Å². The van der Waals surface area contributed by atoms with E-state index in [0.29, 0.717) is 5.69 Å². The van der Waals surface area contributed by atoms with E-state index >= 15 is 0 Å². The lowest BCUT2D eigenvalue weighted by molar-refractivity contribution is -0.121. The van der Waals surface area contributed by atoms with Gasteiger partial charge in [0.15, 0.2) is 11.6 Å². The Labute approximate surface area is 99.7 Å². The van der Waals surface area contributed by atoms with Crippen LogP contribution in [0.2, 0.25) is 0 Å². The molecule has 0 heterocycles. The average Bonchev–Trinajstić information content (AvgIpc) is 2.26. The standard InChI is InChI=1S/C12H16FNO3/c1-8(2)17-7-12(15)14-9-4-5-11(16-3)10(13)6-9/h4-6,8H,7H2,1-3H3,(H,14,15). The fourth-order valence-electron chi connectivity index (χ4n) is 1.18. The fourth-order valence-corrected chi connectivity index (χ4v) is 1.18. The quantitative estimate of drug-likeness (QED) is 0.859. The number of halogens is 1. The SMILES string of the molecule is COc1ccc(NC(=O)COC(C)C)cc1F. The lowest BCUT2D eigenvalue weighted by Gasteiger charge is -2.09. The van der Waals surface area contributed by atoms with Gasteiger partial charge in [-0.15, -0.1) is 0 Å². The van der Waals surface area contributed by atoms with Gasteiger partial charge in [0, 0.05) is 11.8 Å². The number of anilines is 1. The van der Waals surface area contributed by atoms with Gasteiger partial charge in [0.05, 0.1) is 13.2 Å². The molecule has 0 aliphatic carbocycles. The Morgan fingerprint density at radius 1 is 1.47 bits per heavy atom. The number of rotatable bonds is 5. The molecule has 1 aromatic rings. The van der Waals surface area contributed by atoms with Crippen LogP contribution in [0.15, 0.2) is 18.2 Å². The van der Waals surface area contributed by atoms with Crippen molar-refractivity contribution >= 4 is 11.6 Å². The predicted octanol–water partition coefficient (Wildman–Crippen LogP) is 2.20. The number of hydrogen-bond acceptors (Lipinski definition) is 3. The number of hydrogen-bond donors (Lipinski definition) is 1. The highest BCUT2D eigenvalue weighted by molar-refractivity contribution is 5.91. The predicted molar refractivity (Wildman–Crippen MR) is 62.7 cm³/mol. The summed E-state index contributed by atoms with van der Waals surface area (Å²) in [6, 6.07) is 4.22. The van der Waals surface area contributed by atoms with Gasteiger partial charge in [0.1, 0.15) is 6.61 Å². The third-order valence-corrected chi connectivity index (χ3v) is 1.98. The number of benzene rings is 1. The van der Waals surface area contributed by atoms with Crippen LogP contribution in [0.3, 0.4) is 0 Å². The van der Waals surface area contributed by atoms with Crippen molar-refractivity contribution in [3.05, 3.63) is 24.0 Å². The van der Waals surface area contributed by atoms with Gasteiger partial charge in [-0.1, -0.05) is 0 Å². The van der Waals surface area contributed by atoms with E-state index in [0.717, 1.165) is 0 Å². The summed E-state index contributed by atoms with van der Waals surface area (Å²) in [5.41, 5.74) is 0.376. The Hall–Kier alpha value is -1.62. The summed E-state index contributed by atoms with van der Waals surface area (Å²) in [6.07, 6.45) is -0.0200. The van der Waals surface area contributed by atoms with Crippen LogP contribution < -0.4 is 10.1 Å². The molecule has 0 fully saturated rings. The van der Waals surface area contributed by atoms with E-state index in [-0.39, 0.29) is 24.4 Å². The molecule has 0 radical (unpaired) electrons. The van der Waals surface area contributed by atoms with Crippen LogP contribution in [-0.2, 0) is 9.53 Å². The number of carbonyl (C=O) groups is 1. The van der Waals surface area contributed by atoms with Crippen LogP contribution >= 0.6 is 0 Å². The first-order valence-corrected chi connectivity index (χ1v) is 5.28. The Balaban J connectivity index is 2.57. The molecule has 0 aliphatic rings. The summed E-state index contributed by atoms with van der Waals surface area (Å²) in [6.45, 7) is 3.62. The Kier molecular flexibility index (Phi) is 4.90. The molecule has 1 rings (SSSR count). The Bertz CT molecular complexity index is 393. The molecule has 0 bridgehead atoms. The molecule has 4 nitrogen and oxygen atoms in total. The van der Waals surface area contributed by atoms with Crippen LogP contribution in [0, 0.1) is 5.82 Å². The van der Waals surface area contributed by atoms with E-state index in [1.807, 2.05) is 13.8 Å². The van der Waals surface area contributed by atoms with Crippen molar-refractivity contribution < 1.29 is 18.7 Å². The Morgan fingerprint density at radius 3 is 2.71 bits per heavy atom. The molecule has 0 unspecified atom stereocenters. The topological polar surface area (TPSA) is 47.6 Å². The lowest BCUT2D eigenvalue weighted by atomic mass is 10.3. The van der Waals surface area contributed by atoms with Crippen LogP contribution in [-0.4, -0.2) is 25.7 Å². The zero-order chi connectivity index (χ0) is 12.8. The second kappa shape index (κ2) is 6.20. The molecule has 1 aromatic carbocycles. The summed E-state index contributed by atoms with van der Waals surface area (Å²) in [5, 5.41) is 2.53. The molecule has 1 amide bonds. The lowest BCUT2D eigenvalue weighted by Crippen LogP contribution is -2.20. The largest absolute Gasteiger partial charge is 0.494 e. The van der Waals surface area contributed by atoms with Gasteiger partial charge in [-0.2, -0.15) is 0 Å². The second-order valence-corrected chi connectivity index (χ2v) is 3.76. The highest BCUT2D eigenvalue weighted by Gasteiger charge is 2.07. The maximum atomic E-state index is 13.3. The van der Waals surface area contributed by atoms with Gasteiger partial charge in [-0.05, 0) is 26.0 Å². The van der Waals surface area contributed by atoms with Gasteiger partial charge < -0.3 is 14.8 Å². The van der Waals surface area contributed by atoms with Crippen LogP contribution in [0.4, 0.5) is 10.1 Å². The third-order valence-electron chi connectivity index (χ3n) is 1.98. The van der Waals surface area contributed by atoms with E-state index in [9.17, 15) is 9.18 Å². The normalized spacial score (nSPS) is 10.4. The van der Waals surface area contributed by atoms with Crippen molar-refractivity contribution in [1.82, 2.24) is 0 Å². The molecule has 0 aromatic heterocycles. The van der Waals surface area contributed by atoms with Crippen molar-refractivity contribution in [1.29, 1.82) is 0 Å². The van der Waals surface area contributed by atoms with Crippen molar-refractivity contribution in [3.8, 4) is 5.75 Å². The zero-order valence-corrected chi connectivity index (χ0v) is 10.1. The minimum absolute atomic E-state index is 0.0200. The van der Waals surface area contributed by atoms with Gasteiger partial charge in [0.2, 0.25) is 5.91 Å². The maximum absolute atomic E-state index is 13.3. The molecule has 17 heavy (non-hydrogen) atoms. The minimum Gasteiger partial charge on any atom is -0.494 e. The number of nitrogens with one attached hydrogen (secondary N) is 1. The molecule has 5 heteroatoms. The Morgan fingerprint density at radius 2 is 2.18 bits per heavy atom. The smallest absolute Gasteiger partial charge is 0.250 e. The molecular weight excluding hydrogens is 225 g/mol. The monoisotopic (exact) mass is 241 g/mol. The summed E-state index contributed by atoms with van der Waals surface area (Å²) in [4.78, 5) is 11.4. The van der Waals surface area contributed by atoms with E-state index in [4.69, 9.17) is 9.47 Å². The van der Waals surface area contributed by atoms with Gasteiger partial charge in [-0.3, -0.25) is 4.79 Å². The average molecular weight is 241 g/mol. The minimum atomic E-state index is -0.518. The number of carbonyl (C=O) groups excluding carboxylic acids is 1. The first kappa shape index (κ1) is 13.4. The van der Waals surface area contributed by atoms with E-state index in [1.165, 1.54) is 19.2 Å². The molecule has 94 valence electrons. The van der Waals surface area contributed by atoms with E-state index in [2.05, 4.69) is 5.32 Å². The summed E-state index contributed by atoms with van der Waals surface area (Å²) in [7, 11) is 1.38. The van der Waals surface area contributed by atoms with Crippen molar-refractivity contribution in [2.75, 3.05) is 19.0 Å². The van der Waals surface area contributed by atoms with Crippen molar-refractivity contribution in [2.24, 2.45) is 0 Å². The van der Waals surface area contributed by atoms with Gasteiger partial charge >= 0.3 is 0 Å². The highest BCUT2D eigenvalue weighted by Crippen LogP contribution is 2.20. The molecule has 0 saturated heterocycles. The molecular formula is C12H16FNO3. The first-order valence-electron chi connectivity index (χ1n) is 5.28. The molecule has 1 N–H and O–H groups in total. The van der Waals surface area contributed by atoms with Gasteiger partial charge in [0.25, 0.3) is 0 Å². The summed E-state index contributed by atoms with van der Waals surface area (Å²) < 4.78 is 23.2. The van der Waals surface area contributed by atoms with Crippen molar-refractivity contribution in [3.63, 3.8) is 0 Å². The highest BCUT2D eigenvalue weighted by atomic mass is 19.1. The fraction of sp³-hybridized carbons (Fsp3) is 0.417. The summed E-state index contributed by atoms with van der Waals surface area (Å²) >= 11 is 0. The number of ether oxygens (including phenoxy) is 2. The van der Waals surface area contributed by atoms with Crippen LogP contribution in [0.1, 0.15) is 13.8 Å². The summed E-state index contributed by atoms with van der Waals surface area (Å²) in [5.74, 6) is -0.695. The third kappa shape index (κ3) is 4.40. The van der Waals surface area contributed by atoms with Crippen molar-refractivity contribution in [2.45, 2.75) is 20.0 Å². The van der Waals surface area contributed by atoms with Crippen LogP contribution in [0.25, 0.3) is 0 Å². The molecule has 0 saturated carbocycles.